The van der Waals surface area contributed by atoms with Gasteiger partial charge in [0.2, 0.25) is 82.7 Å². The van der Waals surface area contributed by atoms with Crippen molar-refractivity contribution in [1.82, 2.24) is 77.8 Å². The molecule has 2 fully saturated rings. The van der Waals surface area contributed by atoms with Crippen LogP contribution in [0.25, 0.3) is 10.9 Å². The van der Waals surface area contributed by atoms with Gasteiger partial charge in [0.05, 0.1) is 72.9 Å². The molecule has 5 aromatic rings. The van der Waals surface area contributed by atoms with Crippen LogP contribution in [-0.4, -0.2) is 306 Å². The van der Waals surface area contributed by atoms with E-state index in [1.165, 1.54) is 63.7 Å². The lowest BCUT2D eigenvalue weighted by Crippen LogP contribution is -2.64. The number of carboxylic acids is 2. The number of halogens is 1. The number of fused-ring (bicyclic) bond motifs is 16. The third-order valence-corrected chi connectivity index (χ3v) is 28.1. The minimum atomic E-state index is -1.89. The summed E-state index contributed by atoms with van der Waals surface area (Å²) in [6.07, 6.45) is 14.7. The summed E-state index contributed by atoms with van der Waals surface area (Å²) in [5.41, 5.74) is 2.49. The third-order valence-electron chi connectivity index (χ3n) is 28.1. The van der Waals surface area contributed by atoms with Crippen molar-refractivity contribution in [2.24, 2.45) is 0 Å². The standard InChI is InChI=1S/C107H153FN16O23/c1-71-98(134)118-86(67-112-90(127)47-57-145-59-60-146-58-56-124(4,5)55-50-109-89(126)42-40-82(105(141)142)114-91(128)29-21-17-15-13-11-9-7-8-10-12-14-16-18-22-30-95(132)133)100(136)115-83-63-76-27-25-28-77(61-76)66-111-93(130)70-147-88-46-54-122-97(88)102(138)119-96(72(2)125)101(137)117-84(62-74-35-38-80(144-6)39-36-74)104(140)123-53-26-48-107(123,3)106(143)110-49-45-73-31-33-75(34-32-73)68-121(94(131)44-43-92(129)113-71)52-24-20-19-23-51-120-69-78(64-85(103(122)139)116-99(83)135)81-65-79(108)37-41-87(81)120/h25,27-28,31-39,41,61,65,69,71-72,82-86,88,96-97,125H,7-24,26,29-30,40,42-60,62-64,66-68,70H2,1-6H3,(H12-,109,110,111,112,113,114,115,116,117,118,119,126,127,128,129,130,132,133,134,135,136,137,138,141,142,143)/p+1/t71-,72+,82-,83-,84-,85-,86+,88-,96-,97-,107-/m0/s1. The van der Waals surface area contributed by atoms with Gasteiger partial charge in [0, 0.05) is 127 Å². The number of aliphatic hydroxyl groups is 1. The van der Waals surface area contributed by atoms with Crippen LogP contribution in [0.2, 0.25) is 0 Å². The molecule has 1 aromatic heterocycles. The highest BCUT2D eigenvalue weighted by molar-refractivity contribution is 6.01. The first-order valence-corrected chi connectivity index (χ1v) is 52.4. The molecule has 7 heterocycles. The number of likely N-dealkylation sites (N-methyl/N-ethyl adjacent to an activating group) is 1. The Kier molecular flexibility index (Phi) is 47.1. The zero-order valence-corrected chi connectivity index (χ0v) is 86.1. The Bertz CT molecular complexity index is 5250. The largest absolute Gasteiger partial charge is 0.497 e. The van der Waals surface area contributed by atoms with Crippen LogP contribution in [0.5, 0.6) is 5.75 Å². The molecule has 40 heteroatoms. The van der Waals surface area contributed by atoms with Gasteiger partial charge in [0.25, 0.3) is 0 Å². The maximum Gasteiger partial charge on any atom is 0.326 e. The number of aliphatic hydroxyl groups excluding tert-OH is 1. The second-order valence-electron chi connectivity index (χ2n) is 40.2. The van der Waals surface area contributed by atoms with Crippen molar-refractivity contribution in [3.05, 3.63) is 136 Å². The van der Waals surface area contributed by atoms with Crippen LogP contribution in [0, 0.1) is 5.82 Å². The monoisotopic (exact) mass is 2050 g/mol. The fraction of sp³-hybridized carbons (Fsp3) is 0.607. The van der Waals surface area contributed by atoms with E-state index in [4.69, 9.17) is 24.1 Å². The van der Waals surface area contributed by atoms with Crippen molar-refractivity contribution in [2.45, 2.75) is 312 Å². The molecule has 6 aliphatic rings. The Morgan fingerprint density at radius 1 is 0.585 bits per heavy atom. The van der Waals surface area contributed by atoms with Crippen LogP contribution in [-0.2, 0) is 136 Å². The first-order chi connectivity index (χ1) is 70.5. The van der Waals surface area contributed by atoms with Gasteiger partial charge in [-0.3, -0.25) is 71.9 Å². The number of carbonyl (C=O) groups excluding carboxylic acids is 14. The summed E-state index contributed by atoms with van der Waals surface area (Å²) in [6, 6.07) is 12.1. The fourth-order valence-electron chi connectivity index (χ4n) is 19.3. The maximum absolute atomic E-state index is 16.4. The van der Waals surface area contributed by atoms with Gasteiger partial charge in [-0.25, -0.2) is 9.18 Å². The molecule has 11 rings (SSSR count). The highest BCUT2D eigenvalue weighted by Crippen LogP contribution is 2.33. The molecule has 0 radical (unpaired) electrons. The lowest BCUT2D eigenvalue weighted by molar-refractivity contribution is -0.889. The van der Waals surface area contributed by atoms with Crippen molar-refractivity contribution in [3.8, 4) is 5.75 Å². The van der Waals surface area contributed by atoms with E-state index < -0.39 is 168 Å². The van der Waals surface area contributed by atoms with Gasteiger partial charge in [-0.1, -0.05) is 151 Å². The molecule has 0 saturated carbocycles. The number of rotatable bonds is 40. The molecule has 6 aliphatic heterocycles. The Hall–Kier alpha value is -12.5. The summed E-state index contributed by atoms with van der Waals surface area (Å²) in [7, 11) is 5.37. The molecule has 11 atom stereocenters. The quantitative estimate of drug-likeness (QED) is 0.0168. The van der Waals surface area contributed by atoms with E-state index in [1.807, 2.05) is 42.9 Å². The van der Waals surface area contributed by atoms with Crippen molar-refractivity contribution < 1.29 is 120 Å². The minimum absolute atomic E-state index is 0.0512. The zero-order valence-electron chi connectivity index (χ0n) is 86.1. The number of benzene rings is 4. The molecule has 0 spiro atoms. The SMILES string of the molecule is COc1ccc(C[C@@H]2NC(=O)[C@H]([C@@H](C)O)NC(=O)[C@@H]3[C@@H]4CCN3C(=O)[C@@H]3Cc5cn(c6ccc(F)cc56)CCCCCCN(Cc5ccc(cc5)CCNC(=O)[C@]5(C)CCCN5C2=O)C(=O)CCC(=O)N[C@@H](C)C(=O)N[C@H](CNC(=O)CCOCCOCC[N+](C)(C)CCNC(=O)CC[C@H](NC(=O)CCCCCCCCCCCCCCCCC(=O)O)C(=O)O)C(=O)N[C@@H](Cc2cccc(c2)CNC(=O)CO4)C(=O)N3)cc1. The second kappa shape index (κ2) is 59.5. The second-order valence-corrected chi connectivity index (χ2v) is 40.2. The van der Waals surface area contributed by atoms with Gasteiger partial charge in [-0.15, -0.1) is 0 Å². The van der Waals surface area contributed by atoms with Crippen LogP contribution < -0.4 is 63.2 Å². The molecule has 806 valence electrons. The number of quaternary nitrogens is 1. The van der Waals surface area contributed by atoms with Gasteiger partial charge in [-0.2, -0.15) is 0 Å². The Labute approximate surface area is 859 Å². The molecular weight excluding hydrogens is 1900 g/mol. The third kappa shape index (κ3) is 38.0. The number of unbranched alkanes of at least 4 members (excludes halogenated alkanes) is 13. The Balaban J connectivity index is 0.845. The van der Waals surface area contributed by atoms with E-state index in [1.54, 1.807) is 72.6 Å². The van der Waals surface area contributed by atoms with Crippen molar-refractivity contribution in [2.75, 3.05) is 107 Å². The minimum Gasteiger partial charge on any atom is -0.497 e. The van der Waals surface area contributed by atoms with Crippen molar-refractivity contribution in [1.29, 1.82) is 0 Å². The molecule has 147 heavy (non-hydrogen) atoms. The molecule has 2 saturated heterocycles. The summed E-state index contributed by atoms with van der Waals surface area (Å²) in [5, 5.41) is 61.1. The van der Waals surface area contributed by atoms with Crippen LogP contribution in [0.15, 0.2) is 97.2 Å². The molecule has 4 aromatic carbocycles. The number of nitrogens with one attached hydrogen (secondary N) is 11. The molecule has 0 aliphatic carbocycles. The number of methoxy groups -OCH3 is 1. The number of hydrogen-bond donors (Lipinski definition) is 14. The number of carboxylic acid groups (broad SMARTS) is 2. The number of carbonyl (C=O) groups is 16. The van der Waals surface area contributed by atoms with E-state index in [2.05, 4.69) is 58.5 Å². The van der Waals surface area contributed by atoms with Gasteiger partial charge in [-0.05, 0) is 142 Å². The predicted molar refractivity (Wildman–Crippen MR) is 543 cm³/mol. The normalized spacial score (nSPS) is 21.9. The molecule has 0 unspecified atom stereocenters. The Morgan fingerprint density at radius 3 is 1.93 bits per heavy atom. The maximum atomic E-state index is 16.4. The van der Waals surface area contributed by atoms with Gasteiger partial charge >= 0.3 is 11.9 Å². The topological polar surface area (TPSA) is 518 Å². The summed E-state index contributed by atoms with van der Waals surface area (Å²) in [6.45, 7) is 5.10. The summed E-state index contributed by atoms with van der Waals surface area (Å²) >= 11 is 0. The number of ether oxygens (including phenoxy) is 4. The molecule has 14 amide bonds. The first kappa shape index (κ1) is 116. The number of nitrogens with zero attached hydrogens (tertiary/aromatic N) is 5. The van der Waals surface area contributed by atoms with E-state index in [0.717, 1.165) is 73.8 Å². The average Bonchev–Trinajstić information content (AvgIpc) is 1.64. The predicted octanol–water partition coefficient (Wildman–Crippen LogP) is 5.59. The molecule has 14 N–H and O–H groups in total. The van der Waals surface area contributed by atoms with Crippen molar-refractivity contribution >= 4 is 106 Å². The van der Waals surface area contributed by atoms with Crippen LogP contribution in [0.4, 0.5) is 4.39 Å². The number of aromatic nitrogens is 1. The molecular formula is C107H154FN16O23+. The zero-order chi connectivity index (χ0) is 106. The lowest BCUT2D eigenvalue weighted by Gasteiger charge is -2.37. The first-order valence-electron chi connectivity index (χ1n) is 52.4. The number of amides is 14. The summed E-state index contributed by atoms with van der Waals surface area (Å²) in [4.78, 5) is 233. The van der Waals surface area contributed by atoms with Crippen LogP contribution in [0.3, 0.4) is 0 Å². The highest BCUT2D eigenvalue weighted by Gasteiger charge is 2.50. The van der Waals surface area contributed by atoms with Gasteiger partial charge in [0.1, 0.15) is 78.6 Å². The number of aryl methyl sites for hydroxylation is 1. The van der Waals surface area contributed by atoms with E-state index in [9.17, 15) is 58.2 Å². The van der Waals surface area contributed by atoms with Crippen LogP contribution >= 0.6 is 0 Å². The number of aliphatic carboxylic acids is 2. The van der Waals surface area contributed by atoms with E-state index in [0.29, 0.717) is 108 Å². The van der Waals surface area contributed by atoms with Gasteiger partial charge < -0.3 is 117 Å². The van der Waals surface area contributed by atoms with Gasteiger partial charge in [0.15, 0.2) is 0 Å². The van der Waals surface area contributed by atoms with E-state index in [-0.39, 0.29) is 161 Å². The summed E-state index contributed by atoms with van der Waals surface area (Å²) < 4.78 is 41.7. The Morgan fingerprint density at radius 2 is 1.24 bits per heavy atom. The van der Waals surface area contributed by atoms with E-state index >= 15 is 33.2 Å². The molecule has 12 bridgehead atoms. The fourth-order valence-corrected chi connectivity index (χ4v) is 19.3. The lowest BCUT2D eigenvalue weighted by atomic mass is 9.95. The highest BCUT2D eigenvalue weighted by atomic mass is 19.1. The van der Waals surface area contributed by atoms with Crippen LogP contribution in [0.1, 0.15) is 234 Å². The average molecular weight is 2050 g/mol. The smallest absolute Gasteiger partial charge is 0.326 e. The number of hydrogen-bond acceptors (Lipinski definition) is 21. The van der Waals surface area contributed by atoms with Crippen molar-refractivity contribution in [3.63, 3.8) is 0 Å². The molecule has 39 nitrogen and oxygen atoms in total. The summed E-state index contributed by atoms with van der Waals surface area (Å²) in [5.74, 6) is -12.5.